The van der Waals surface area contributed by atoms with Crippen LogP contribution in [0.2, 0.25) is 0 Å². The van der Waals surface area contributed by atoms with Crippen molar-refractivity contribution in [3.05, 3.63) is 48.0 Å². The highest BCUT2D eigenvalue weighted by Crippen LogP contribution is 2.34. The molecule has 3 nitrogen and oxygen atoms in total. The van der Waals surface area contributed by atoms with E-state index in [0.29, 0.717) is 0 Å². The van der Waals surface area contributed by atoms with Crippen molar-refractivity contribution in [2.24, 2.45) is 0 Å². The van der Waals surface area contributed by atoms with Gasteiger partial charge in [-0.1, -0.05) is 36.4 Å². The van der Waals surface area contributed by atoms with Crippen LogP contribution in [0, 0.1) is 0 Å². The van der Waals surface area contributed by atoms with Gasteiger partial charge < -0.3 is 9.47 Å². The standard InChI is InChI=1S/C21H25NO2/c1-2-6-20-19(5-1)18(17-9-14-23-15-10-17)7-8-21(20)24-16-13-22-11-3-4-12-22/h1-2,5-9H,3-4,10-16H2. The Kier molecular flexibility index (Phi) is 4.81. The number of rotatable bonds is 5. The van der Waals surface area contributed by atoms with E-state index in [-0.39, 0.29) is 0 Å². The molecule has 2 aliphatic rings. The Labute approximate surface area is 143 Å². The van der Waals surface area contributed by atoms with Gasteiger partial charge in [0.05, 0.1) is 13.2 Å². The number of hydrogen-bond acceptors (Lipinski definition) is 3. The van der Waals surface area contributed by atoms with Gasteiger partial charge in [0, 0.05) is 11.9 Å². The minimum Gasteiger partial charge on any atom is -0.492 e. The van der Waals surface area contributed by atoms with E-state index in [9.17, 15) is 0 Å². The zero-order chi connectivity index (χ0) is 16.2. The minimum atomic E-state index is 0.720. The summed E-state index contributed by atoms with van der Waals surface area (Å²) >= 11 is 0. The molecular formula is C21H25NO2. The van der Waals surface area contributed by atoms with Gasteiger partial charge >= 0.3 is 0 Å². The van der Waals surface area contributed by atoms with Crippen LogP contribution in [0.3, 0.4) is 0 Å². The smallest absolute Gasteiger partial charge is 0.127 e. The van der Waals surface area contributed by atoms with E-state index in [4.69, 9.17) is 9.47 Å². The van der Waals surface area contributed by atoms with E-state index < -0.39 is 0 Å². The molecule has 0 aromatic heterocycles. The van der Waals surface area contributed by atoms with Crippen molar-refractivity contribution in [1.82, 2.24) is 4.90 Å². The van der Waals surface area contributed by atoms with Crippen LogP contribution < -0.4 is 4.74 Å². The fourth-order valence-corrected chi connectivity index (χ4v) is 3.74. The molecule has 4 rings (SSSR count). The van der Waals surface area contributed by atoms with Crippen molar-refractivity contribution in [1.29, 1.82) is 0 Å². The second kappa shape index (κ2) is 7.37. The highest BCUT2D eigenvalue weighted by molar-refractivity contribution is 5.97. The van der Waals surface area contributed by atoms with Crippen molar-refractivity contribution < 1.29 is 9.47 Å². The third-order valence-electron chi connectivity index (χ3n) is 5.06. The Morgan fingerprint density at radius 2 is 1.83 bits per heavy atom. The van der Waals surface area contributed by atoms with Gasteiger partial charge in [0.2, 0.25) is 0 Å². The van der Waals surface area contributed by atoms with Gasteiger partial charge in [-0.3, -0.25) is 4.90 Å². The third-order valence-corrected chi connectivity index (χ3v) is 5.06. The van der Waals surface area contributed by atoms with Crippen molar-refractivity contribution in [3.63, 3.8) is 0 Å². The van der Waals surface area contributed by atoms with Crippen LogP contribution >= 0.6 is 0 Å². The molecule has 126 valence electrons. The zero-order valence-corrected chi connectivity index (χ0v) is 14.2. The molecule has 3 heteroatoms. The van der Waals surface area contributed by atoms with Gasteiger partial charge in [0.1, 0.15) is 12.4 Å². The molecule has 0 N–H and O–H groups in total. The highest BCUT2D eigenvalue weighted by atomic mass is 16.5. The zero-order valence-electron chi connectivity index (χ0n) is 14.2. The fraction of sp³-hybridized carbons (Fsp3) is 0.429. The molecule has 0 unspecified atom stereocenters. The largest absolute Gasteiger partial charge is 0.492 e. The molecule has 2 aliphatic heterocycles. The first-order valence-corrected chi connectivity index (χ1v) is 9.06. The Bertz CT molecular complexity index is 732. The third kappa shape index (κ3) is 3.33. The molecule has 2 heterocycles. The van der Waals surface area contributed by atoms with E-state index in [1.165, 1.54) is 47.8 Å². The number of benzene rings is 2. The predicted molar refractivity (Wildman–Crippen MR) is 98.5 cm³/mol. The molecule has 0 amide bonds. The van der Waals surface area contributed by atoms with E-state index in [1.807, 2.05) is 0 Å². The van der Waals surface area contributed by atoms with E-state index in [2.05, 4.69) is 47.4 Å². The molecule has 2 aromatic carbocycles. The normalized spacial score (nSPS) is 18.8. The van der Waals surface area contributed by atoms with Gasteiger partial charge in [-0.15, -0.1) is 0 Å². The van der Waals surface area contributed by atoms with E-state index >= 15 is 0 Å². The van der Waals surface area contributed by atoms with Crippen molar-refractivity contribution >= 4 is 16.3 Å². The predicted octanol–water partition coefficient (Wildman–Crippen LogP) is 4.12. The summed E-state index contributed by atoms with van der Waals surface area (Å²) < 4.78 is 11.6. The van der Waals surface area contributed by atoms with Crippen LogP contribution in [0.25, 0.3) is 16.3 Å². The maximum absolute atomic E-state index is 6.14. The first kappa shape index (κ1) is 15.7. The second-order valence-corrected chi connectivity index (χ2v) is 6.61. The Morgan fingerprint density at radius 1 is 1.00 bits per heavy atom. The Morgan fingerprint density at radius 3 is 2.62 bits per heavy atom. The Balaban J connectivity index is 1.57. The summed E-state index contributed by atoms with van der Waals surface area (Å²) in [5, 5.41) is 2.49. The summed E-state index contributed by atoms with van der Waals surface area (Å²) in [7, 11) is 0. The molecule has 0 saturated carbocycles. The fourth-order valence-electron chi connectivity index (χ4n) is 3.74. The minimum absolute atomic E-state index is 0.720. The lowest BCUT2D eigenvalue weighted by Gasteiger charge is -2.19. The first-order chi connectivity index (χ1) is 11.9. The molecule has 0 radical (unpaired) electrons. The lowest BCUT2D eigenvalue weighted by atomic mass is 9.95. The van der Waals surface area contributed by atoms with Gasteiger partial charge in [0.15, 0.2) is 0 Å². The van der Waals surface area contributed by atoms with Gasteiger partial charge in [-0.25, -0.2) is 0 Å². The maximum atomic E-state index is 6.14. The lowest BCUT2D eigenvalue weighted by Crippen LogP contribution is -2.25. The number of likely N-dealkylation sites (tertiary alicyclic amines) is 1. The topological polar surface area (TPSA) is 21.7 Å². The number of hydrogen-bond donors (Lipinski definition) is 0. The summed E-state index contributed by atoms with van der Waals surface area (Å²) in [6.45, 7) is 5.77. The molecule has 0 aliphatic carbocycles. The van der Waals surface area contributed by atoms with Gasteiger partial charge in [-0.2, -0.15) is 0 Å². The summed E-state index contributed by atoms with van der Waals surface area (Å²) in [6, 6.07) is 12.9. The van der Waals surface area contributed by atoms with Crippen molar-refractivity contribution in [2.75, 3.05) is 39.5 Å². The van der Waals surface area contributed by atoms with Crippen molar-refractivity contribution in [2.45, 2.75) is 19.3 Å². The average Bonchev–Trinajstić information content (AvgIpc) is 3.16. The second-order valence-electron chi connectivity index (χ2n) is 6.61. The summed E-state index contributed by atoms with van der Waals surface area (Å²) in [4.78, 5) is 2.49. The molecular weight excluding hydrogens is 298 g/mol. The molecule has 0 spiro atoms. The maximum Gasteiger partial charge on any atom is 0.127 e. The monoisotopic (exact) mass is 323 g/mol. The molecule has 1 fully saturated rings. The van der Waals surface area contributed by atoms with Crippen LogP contribution in [0.4, 0.5) is 0 Å². The number of ether oxygens (including phenoxy) is 2. The van der Waals surface area contributed by atoms with Crippen LogP contribution in [-0.2, 0) is 4.74 Å². The van der Waals surface area contributed by atoms with Crippen LogP contribution in [-0.4, -0.2) is 44.4 Å². The highest BCUT2D eigenvalue weighted by Gasteiger charge is 2.14. The number of nitrogens with zero attached hydrogens (tertiary/aromatic N) is 1. The van der Waals surface area contributed by atoms with Crippen molar-refractivity contribution in [3.8, 4) is 5.75 Å². The molecule has 2 aromatic rings. The first-order valence-electron chi connectivity index (χ1n) is 9.06. The molecule has 1 saturated heterocycles. The van der Waals surface area contributed by atoms with Gasteiger partial charge in [-0.05, 0) is 54.9 Å². The SMILES string of the molecule is C1=C(c2ccc(OCCN3CCCC3)c3ccccc23)CCOC1. The molecule has 0 bridgehead atoms. The number of fused-ring (bicyclic) bond motifs is 1. The Hall–Kier alpha value is -1.84. The molecule has 24 heavy (non-hydrogen) atoms. The van der Waals surface area contributed by atoms with Gasteiger partial charge in [0.25, 0.3) is 0 Å². The van der Waals surface area contributed by atoms with Crippen LogP contribution in [0.5, 0.6) is 5.75 Å². The van der Waals surface area contributed by atoms with E-state index in [1.54, 1.807) is 0 Å². The van der Waals surface area contributed by atoms with E-state index in [0.717, 1.165) is 38.5 Å². The van der Waals surface area contributed by atoms with Crippen LogP contribution in [0.1, 0.15) is 24.8 Å². The summed E-state index contributed by atoms with van der Waals surface area (Å²) in [6.07, 6.45) is 5.85. The lowest BCUT2D eigenvalue weighted by molar-refractivity contribution is 0.161. The average molecular weight is 323 g/mol. The summed E-state index contributed by atoms with van der Waals surface area (Å²) in [5.41, 5.74) is 2.71. The summed E-state index contributed by atoms with van der Waals surface area (Å²) in [5.74, 6) is 1.00. The quantitative estimate of drug-likeness (QED) is 0.826. The van der Waals surface area contributed by atoms with Crippen LogP contribution in [0.15, 0.2) is 42.5 Å². The molecule has 0 atom stereocenters.